The van der Waals surface area contributed by atoms with Gasteiger partial charge in [0.1, 0.15) is 5.82 Å². The predicted molar refractivity (Wildman–Crippen MR) is 91.5 cm³/mol. The van der Waals surface area contributed by atoms with Gasteiger partial charge in [0, 0.05) is 11.3 Å². The molecular weight excluding hydrogens is 323 g/mol. The van der Waals surface area contributed by atoms with Crippen LogP contribution in [-0.4, -0.2) is 16.2 Å². The number of nitrogens with zero attached hydrogens (tertiary/aromatic N) is 2. The average Bonchev–Trinajstić information content (AvgIpc) is 3.05. The summed E-state index contributed by atoms with van der Waals surface area (Å²) in [7, 11) is 0. The third kappa shape index (κ3) is 4.00. The molecule has 0 spiro atoms. The number of halogens is 1. The first-order valence-corrected chi connectivity index (χ1v) is 7.72. The molecule has 0 fully saturated rings. The zero-order valence-electron chi connectivity index (χ0n) is 13.8. The SMILES string of the molecule is Cc1ccc(NC(=O)NCc2noc(-c3ccccc3C)n2)cc1F. The van der Waals surface area contributed by atoms with Crippen LogP contribution in [0.1, 0.15) is 17.0 Å². The quantitative estimate of drug-likeness (QED) is 0.757. The van der Waals surface area contributed by atoms with E-state index in [9.17, 15) is 9.18 Å². The highest BCUT2D eigenvalue weighted by Crippen LogP contribution is 2.20. The third-order valence-corrected chi connectivity index (χ3v) is 3.68. The van der Waals surface area contributed by atoms with Gasteiger partial charge in [-0.2, -0.15) is 4.98 Å². The van der Waals surface area contributed by atoms with Gasteiger partial charge >= 0.3 is 6.03 Å². The molecule has 0 aliphatic heterocycles. The summed E-state index contributed by atoms with van der Waals surface area (Å²) < 4.78 is 18.7. The summed E-state index contributed by atoms with van der Waals surface area (Å²) >= 11 is 0. The lowest BCUT2D eigenvalue weighted by molar-refractivity contribution is 0.251. The van der Waals surface area contributed by atoms with Gasteiger partial charge in [0.2, 0.25) is 0 Å². The van der Waals surface area contributed by atoms with Gasteiger partial charge in [-0.05, 0) is 43.2 Å². The molecule has 25 heavy (non-hydrogen) atoms. The molecule has 1 heterocycles. The number of rotatable bonds is 4. The van der Waals surface area contributed by atoms with Crippen LogP contribution in [0.25, 0.3) is 11.5 Å². The molecule has 0 saturated carbocycles. The molecule has 0 radical (unpaired) electrons. The smallest absolute Gasteiger partial charge is 0.319 e. The molecule has 0 aliphatic rings. The van der Waals surface area contributed by atoms with Crippen molar-refractivity contribution in [3.8, 4) is 11.5 Å². The van der Waals surface area contributed by atoms with E-state index >= 15 is 0 Å². The maximum atomic E-state index is 13.5. The number of hydrogen-bond donors (Lipinski definition) is 2. The predicted octanol–water partition coefficient (Wildman–Crippen LogP) is 3.81. The number of anilines is 1. The van der Waals surface area contributed by atoms with Crippen molar-refractivity contribution >= 4 is 11.7 Å². The molecule has 2 N–H and O–H groups in total. The monoisotopic (exact) mass is 340 g/mol. The Morgan fingerprint density at radius 2 is 1.96 bits per heavy atom. The first-order valence-electron chi connectivity index (χ1n) is 7.72. The normalized spacial score (nSPS) is 10.5. The third-order valence-electron chi connectivity index (χ3n) is 3.68. The van der Waals surface area contributed by atoms with Gasteiger partial charge in [-0.25, -0.2) is 9.18 Å². The Hall–Kier alpha value is -3.22. The van der Waals surface area contributed by atoms with Crippen LogP contribution in [0.15, 0.2) is 47.0 Å². The molecule has 3 aromatic rings. The lowest BCUT2D eigenvalue weighted by atomic mass is 10.1. The summed E-state index contributed by atoms with van der Waals surface area (Å²) in [5.74, 6) is 0.373. The van der Waals surface area contributed by atoms with E-state index in [-0.39, 0.29) is 12.4 Å². The maximum Gasteiger partial charge on any atom is 0.319 e. The molecule has 0 bridgehead atoms. The standard InChI is InChI=1S/C18H17FN4O2/c1-11-5-3-4-6-14(11)17-22-16(23-25-17)10-20-18(24)21-13-8-7-12(2)15(19)9-13/h3-9H,10H2,1-2H3,(H2,20,21,24). The molecule has 0 saturated heterocycles. The van der Waals surface area contributed by atoms with E-state index in [1.165, 1.54) is 6.07 Å². The molecule has 6 nitrogen and oxygen atoms in total. The molecule has 0 atom stereocenters. The van der Waals surface area contributed by atoms with E-state index in [0.29, 0.717) is 23.0 Å². The highest BCUT2D eigenvalue weighted by atomic mass is 19.1. The Kier molecular flexibility index (Phi) is 4.74. The van der Waals surface area contributed by atoms with Crippen LogP contribution in [0.4, 0.5) is 14.9 Å². The lowest BCUT2D eigenvalue weighted by Crippen LogP contribution is -2.28. The van der Waals surface area contributed by atoms with Crippen LogP contribution in [0.5, 0.6) is 0 Å². The van der Waals surface area contributed by atoms with E-state index in [0.717, 1.165) is 11.1 Å². The van der Waals surface area contributed by atoms with Crippen LogP contribution in [0, 0.1) is 19.7 Å². The van der Waals surface area contributed by atoms with Gasteiger partial charge in [-0.1, -0.05) is 29.4 Å². The number of carbonyl (C=O) groups excluding carboxylic acids is 1. The van der Waals surface area contributed by atoms with Crippen LogP contribution in [-0.2, 0) is 6.54 Å². The van der Waals surface area contributed by atoms with Gasteiger partial charge in [-0.3, -0.25) is 0 Å². The first-order chi connectivity index (χ1) is 12.0. The molecule has 128 valence electrons. The largest absolute Gasteiger partial charge is 0.334 e. The first kappa shape index (κ1) is 16.6. The molecule has 0 unspecified atom stereocenters. The van der Waals surface area contributed by atoms with Crippen LogP contribution >= 0.6 is 0 Å². The minimum atomic E-state index is -0.481. The zero-order chi connectivity index (χ0) is 17.8. The number of aromatic nitrogens is 2. The van der Waals surface area contributed by atoms with Crippen molar-refractivity contribution in [3.05, 3.63) is 65.2 Å². The highest BCUT2D eigenvalue weighted by Gasteiger charge is 2.11. The molecule has 2 aromatic carbocycles. The van der Waals surface area contributed by atoms with Crippen molar-refractivity contribution in [2.45, 2.75) is 20.4 Å². The Morgan fingerprint density at radius 3 is 2.72 bits per heavy atom. The summed E-state index contributed by atoms with van der Waals surface area (Å²) in [4.78, 5) is 16.1. The molecule has 3 rings (SSSR count). The van der Waals surface area contributed by atoms with Gasteiger partial charge in [-0.15, -0.1) is 0 Å². The van der Waals surface area contributed by atoms with Crippen LogP contribution in [0.2, 0.25) is 0 Å². The second-order valence-electron chi connectivity index (χ2n) is 5.60. The van der Waals surface area contributed by atoms with E-state index in [1.807, 2.05) is 31.2 Å². The fraction of sp³-hybridized carbons (Fsp3) is 0.167. The van der Waals surface area contributed by atoms with Crippen molar-refractivity contribution < 1.29 is 13.7 Å². The van der Waals surface area contributed by atoms with E-state index < -0.39 is 6.03 Å². The average molecular weight is 340 g/mol. The molecule has 1 aromatic heterocycles. The second kappa shape index (κ2) is 7.12. The van der Waals surface area contributed by atoms with Gasteiger partial charge < -0.3 is 15.2 Å². The minimum absolute atomic E-state index is 0.0928. The van der Waals surface area contributed by atoms with Crippen molar-refractivity contribution in [3.63, 3.8) is 0 Å². The lowest BCUT2D eigenvalue weighted by Gasteiger charge is -2.06. The van der Waals surface area contributed by atoms with Crippen molar-refractivity contribution in [2.24, 2.45) is 0 Å². The summed E-state index contributed by atoms with van der Waals surface area (Å²) in [6.07, 6.45) is 0. The van der Waals surface area contributed by atoms with Gasteiger partial charge in [0.15, 0.2) is 5.82 Å². The summed E-state index contributed by atoms with van der Waals surface area (Å²) in [5.41, 5.74) is 2.75. The second-order valence-corrected chi connectivity index (χ2v) is 5.60. The minimum Gasteiger partial charge on any atom is -0.334 e. The number of carbonyl (C=O) groups is 1. The number of benzene rings is 2. The zero-order valence-corrected chi connectivity index (χ0v) is 13.8. The molecule has 2 amide bonds. The maximum absolute atomic E-state index is 13.5. The fourth-order valence-electron chi connectivity index (χ4n) is 2.25. The Balaban J connectivity index is 1.59. The van der Waals surface area contributed by atoms with Gasteiger partial charge in [0.05, 0.1) is 6.54 Å². The fourth-order valence-corrected chi connectivity index (χ4v) is 2.25. The number of urea groups is 1. The van der Waals surface area contributed by atoms with Crippen LogP contribution in [0.3, 0.4) is 0 Å². The number of amides is 2. The molecule has 0 aliphatic carbocycles. The number of hydrogen-bond acceptors (Lipinski definition) is 4. The summed E-state index contributed by atoms with van der Waals surface area (Å²) in [6.45, 7) is 3.70. The van der Waals surface area contributed by atoms with E-state index in [2.05, 4.69) is 20.8 Å². The highest BCUT2D eigenvalue weighted by molar-refractivity contribution is 5.89. The topological polar surface area (TPSA) is 80.0 Å². The Labute approximate surface area is 144 Å². The van der Waals surface area contributed by atoms with Crippen molar-refractivity contribution in [1.29, 1.82) is 0 Å². The number of aryl methyl sites for hydroxylation is 2. The summed E-state index contributed by atoms with van der Waals surface area (Å²) in [6, 6.07) is 11.7. The van der Waals surface area contributed by atoms with E-state index in [4.69, 9.17) is 4.52 Å². The Morgan fingerprint density at radius 1 is 1.16 bits per heavy atom. The van der Waals surface area contributed by atoms with Gasteiger partial charge in [0.25, 0.3) is 5.89 Å². The van der Waals surface area contributed by atoms with Crippen molar-refractivity contribution in [2.75, 3.05) is 5.32 Å². The summed E-state index contributed by atoms with van der Waals surface area (Å²) in [5, 5.41) is 9.00. The molecule has 7 heteroatoms. The number of nitrogens with one attached hydrogen (secondary N) is 2. The van der Waals surface area contributed by atoms with Crippen LogP contribution < -0.4 is 10.6 Å². The molecular formula is C18H17FN4O2. The van der Waals surface area contributed by atoms with E-state index in [1.54, 1.807) is 19.1 Å². The Bertz CT molecular complexity index is 908. The van der Waals surface area contributed by atoms with Crippen molar-refractivity contribution in [1.82, 2.24) is 15.5 Å².